The predicted molar refractivity (Wildman–Crippen MR) is 74.9 cm³/mol. The lowest BCUT2D eigenvalue weighted by atomic mass is 10.2. The number of methoxy groups -OCH3 is 1. The summed E-state index contributed by atoms with van der Waals surface area (Å²) in [7, 11) is -2.00. The highest BCUT2D eigenvalue weighted by Gasteiger charge is 2.14. The van der Waals surface area contributed by atoms with Gasteiger partial charge in [0.15, 0.2) is 0 Å². The number of esters is 1. The van der Waals surface area contributed by atoms with Crippen molar-refractivity contribution in [2.75, 3.05) is 19.5 Å². The summed E-state index contributed by atoms with van der Waals surface area (Å²) in [5.74, 6) is -0.197. The van der Waals surface area contributed by atoms with E-state index in [4.69, 9.17) is 4.74 Å². The molecule has 1 N–H and O–H groups in total. The van der Waals surface area contributed by atoms with Crippen molar-refractivity contribution in [3.8, 4) is 5.75 Å². The van der Waals surface area contributed by atoms with Crippen LogP contribution in [0.2, 0.25) is 0 Å². The molecule has 0 aliphatic heterocycles. The van der Waals surface area contributed by atoms with Crippen molar-refractivity contribution in [2.24, 2.45) is 0 Å². The zero-order valence-corrected chi connectivity index (χ0v) is 12.4. The number of benzene rings is 1. The number of para-hydroxylation sites is 1. The van der Waals surface area contributed by atoms with E-state index in [0.29, 0.717) is 5.75 Å². The minimum absolute atomic E-state index is 0.120. The van der Waals surface area contributed by atoms with Crippen LogP contribution >= 0.6 is 0 Å². The molecule has 7 heteroatoms. The maximum absolute atomic E-state index is 11.8. The number of nitrogens with one attached hydrogen (secondary N) is 1. The second kappa shape index (κ2) is 7.86. The van der Waals surface area contributed by atoms with Gasteiger partial charge in [-0.15, -0.1) is 0 Å². The van der Waals surface area contributed by atoms with E-state index in [1.165, 1.54) is 7.11 Å². The van der Waals surface area contributed by atoms with Crippen LogP contribution in [0.15, 0.2) is 24.3 Å². The van der Waals surface area contributed by atoms with Gasteiger partial charge in [-0.05, 0) is 13.0 Å². The molecule has 0 amide bonds. The zero-order chi connectivity index (χ0) is 15.0. The second-order valence-electron chi connectivity index (χ2n) is 4.01. The summed E-state index contributed by atoms with van der Waals surface area (Å²) >= 11 is 0. The Morgan fingerprint density at radius 2 is 2.00 bits per heavy atom. The van der Waals surface area contributed by atoms with E-state index < -0.39 is 16.0 Å². The summed E-state index contributed by atoms with van der Waals surface area (Å²) in [5, 5.41) is 0. The average molecular weight is 301 g/mol. The summed E-state index contributed by atoms with van der Waals surface area (Å²) in [6.07, 6.45) is -0.158. The third-order valence-corrected chi connectivity index (χ3v) is 3.88. The third-order valence-electron chi connectivity index (χ3n) is 2.56. The SMILES string of the molecule is CCOC(=O)CCS(=O)(=O)NCc1ccccc1OC. The molecule has 0 fully saturated rings. The Morgan fingerprint density at radius 1 is 1.30 bits per heavy atom. The standard InChI is InChI=1S/C13H19NO5S/c1-3-19-13(15)8-9-20(16,17)14-10-11-6-4-5-7-12(11)18-2/h4-7,14H,3,8-10H2,1-2H3. The first kappa shape index (κ1) is 16.5. The van der Waals surface area contributed by atoms with E-state index in [-0.39, 0.29) is 25.3 Å². The van der Waals surface area contributed by atoms with Crippen molar-refractivity contribution >= 4 is 16.0 Å². The first-order chi connectivity index (χ1) is 9.48. The van der Waals surface area contributed by atoms with Crippen LogP contribution in [0.25, 0.3) is 0 Å². The molecule has 6 nitrogen and oxygen atoms in total. The monoisotopic (exact) mass is 301 g/mol. The molecule has 112 valence electrons. The van der Waals surface area contributed by atoms with Gasteiger partial charge in [-0.2, -0.15) is 0 Å². The maximum Gasteiger partial charge on any atom is 0.306 e. The van der Waals surface area contributed by atoms with Crippen LogP contribution in [0.5, 0.6) is 5.75 Å². The molecular formula is C13H19NO5S. The van der Waals surface area contributed by atoms with Gasteiger partial charge in [0, 0.05) is 12.1 Å². The quantitative estimate of drug-likeness (QED) is 0.726. The fraction of sp³-hybridized carbons (Fsp3) is 0.462. The first-order valence-corrected chi connectivity index (χ1v) is 7.88. The Labute approximate surface area is 119 Å². The lowest BCUT2D eigenvalue weighted by molar-refractivity contribution is -0.142. The number of rotatable bonds is 8. The van der Waals surface area contributed by atoms with Crippen molar-refractivity contribution in [1.29, 1.82) is 0 Å². The maximum atomic E-state index is 11.8. The van der Waals surface area contributed by atoms with Crippen molar-refractivity contribution in [3.63, 3.8) is 0 Å². The second-order valence-corrected chi connectivity index (χ2v) is 5.93. The summed E-state index contributed by atoms with van der Waals surface area (Å²) in [6, 6.07) is 7.12. The molecule has 1 aromatic rings. The van der Waals surface area contributed by atoms with Crippen molar-refractivity contribution < 1.29 is 22.7 Å². The Kier molecular flexibility index (Phi) is 6.47. The Hall–Kier alpha value is -1.60. The Bertz CT molecular complexity index is 541. The van der Waals surface area contributed by atoms with E-state index >= 15 is 0 Å². The molecule has 0 saturated heterocycles. The summed E-state index contributed by atoms with van der Waals surface area (Å²) in [4.78, 5) is 11.1. The number of hydrogen-bond acceptors (Lipinski definition) is 5. The van der Waals surface area contributed by atoms with Gasteiger partial charge in [-0.1, -0.05) is 18.2 Å². The number of carbonyl (C=O) groups excluding carboxylic acids is 1. The van der Waals surface area contributed by atoms with Crippen molar-refractivity contribution in [3.05, 3.63) is 29.8 Å². The van der Waals surface area contributed by atoms with Gasteiger partial charge in [0.2, 0.25) is 10.0 Å². The fourth-order valence-corrected chi connectivity index (χ4v) is 2.51. The van der Waals surface area contributed by atoms with Crippen molar-refractivity contribution in [2.45, 2.75) is 19.9 Å². The molecule has 0 atom stereocenters. The summed E-state index contributed by atoms with van der Waals surface area (Å²) in [5.41, 5.74) is 0.731. The lowest BCUT2D eigenvalue weighted by Gasteiger charge is -2.10. The minimum Gasteiger partial charge on any atom is -0.496 e. The van der Waals surface area contributed by atoms with E-state index in [1.54, 1.807) is 31.2 Å². The van der Waals surface area contributed by atoms with E-state index in [2.05, 4.69) is 9.46 Å². The van der Waals surface area contributed by atoms with Crippen LogP contribution < -0.4 is 9.46 Å². The highest BCUT2D eigenvalue weighted by molar-refractivity contribution is 7.89. The molecule has 0 aromatic heterocycles. The average Bonchev–Trinajstić information content (AvgIpc) is 2.44. The van der Waals surface area contributed by atoms with Crippen LogP contribution in [-0.2, 0) is 26.1 Å². The number of sulfonamides is 1. The van der Waals surface area contributed by atoms with E-state index in [1.807, 2.05) is 0 Å². The summed E-state index contributed by atoms with van der Waals surface area (Å²) < 4.78 is 35.8. The fourth-order valence-electron chi connectivity index (χ4n) is 1.56. The first-order valence-electron chi connectivity index (χ1n) is 6.23. The minimum atomic E-state index is -3.52. The van der Waals surface area contributed by atoms with Gasteiger partial charge in [-0.3, -0.25) is 4.79 Å². The number of carbonyl (C=O) groups is 1. The highest BCUT2D eigenvalue weighted by Crippen LogP contribution is 2.16. The van der Waals surface area contributed by atoms with Crippen LogP contribution in [0.1, 0.15) is 18.9 Å². The Morgan fingerprint density at radius 3 is 2.65 bits per heavy atom. The third kappa shape index (κ3) is 5.58. The highest BCUT2D eigenvalue weighted by atomic mass is 32.2. The molecule has 1 rings (SSSR count). The van der Waals surface area contributed by atoms with Crippen LogP contribution in [0.4, 0.5) is 0 Å². The van der Waals surface area contributed by atoms with Gasteiger partial charge in [0.25, 0.3) is 0 Å². The van der Waals surface area contributed by atoms with Gasteiger partial charge in [0.1, 0.15) is 5.75 Å². The Balaban J connectivity index is 2.53. The molecule has 0 unspecified atom stereocenters. The smallest absolute Gasteiger partial charge is 0.306 e. The van der Waals surface area contributed by atoms with Gasteiger partial charge in [0.05, 0.1) is 25.9 Å². The molecule has 20 heavy (non-hydrogen) atoms. The van der Waals surface area contributed by atoms with Crippen LogP contribution in [-0.4, -0.2) is 33.9 Å². The van der Waals surface area contributed by atoms with Crippen LogP contribution in [0, 0.1) is 0 Å². The lowest BCUT2D eigenvalue weighted by Crippen LogP contribution is -2.27. The molecule has 1 aromatic carbocycles. The number of hydrogen-bond donors (Lipinski definition) is 1. The topological polar surface area (TPSA) is 81.7 Å². The molecule has 0 aliphatic rings. The predicted octanol–water partition coefficient (Wildman–Crippen LogP) is 1.07. The van der Waals surface area contributed by atoms with Gasteiger partial charge in [-0.25, -0.2) is 13.1 Å². The molecule has 0 saturated carbocycles. The normalized spacial score (nSPS) is 11.1. The molecule has 0 bridgehead atoms. The van der Waals surface area contributed by atoms with E-state index in [0.717, 1.165) is 5.56 Å². The van der Waals surface area contributed by atoms with Gasteiger partial charge < -0.3 is 9.47 Å². The molecule has 0 spiro atoms. The molecular weight excluding hydrogens is 282 g/mol. The molecule has 0 heterocycles. The largest absolute Gasteiger partial charge is 0.496 e. The molecule has 0 radical (unpaired) electrons. The van der Waals surface area contributed by atoms with E-state index in [9.17, 15) is 13.2 Å². The van der Waals surface area contributed by atoms with Gasteiger partial charge >= 0.3 is 5.97 Å². The zero-order valence-electron chi connectivity index (χ0n) is 11.6. The summed E-state index contributed by atoms with van der Waals surface area (Å²) in [6.45, 7) is 2.04. The van der Waals surface area contributed by atoms with Crippen LogP contribution in [0.3, 0.4) is 0 Å². The van der Waals surface area contributed by atoms with Crippen molar-refractivity contribution in [1.82, 2.24) is 4.72 Å². The number of ether oxygens (including phenoxy) is 2. The molecule has 0 aliphatic carbocycles.